The molecule has 0 aromatic rings. The highest BCUT2D eigenvalue weighted by Gasteiger charge is 2.46. The van der Waals surface area contributed by atoms with Crippen molar-refractivity contribution in [3.63, 3.8) is 0 Å². The first kappa shape index (κ1) is 13.1. The average Bonchev–Trinajstić information content (AvgIpc) is 2.70. The Morgan fingerprint density at radius 1 is 1.28 bits per heavy atom. The summed E-state index contributed by atoms with van der Waals surface area (Å²) >= 11 is 0. The van der Waals surface area contributed by atoms with Crippen LogP contribution in [0, 0.1) is 5.92 Å². The second-order valence-corrected chi connectivity index (χ2v) is 5.24. The predicted octanol–water partition coefficient (Wildman–Crippen LogP) is 1.72. The second kappa shape index (κ2) is 4.71. The van der Waals surface area contributed by atoms with Crippen molar-refractivity contribution in [3.05, 3.63) is 0 Å². The van der Waals surface area contributed by atoms with E-state index in [4.69, 9.17) is 14.5 Å². The zero-order valence-corrected chi connectivity index (χ0v) is 11.7. The van der Waals surface area contributed by atoms with Crippen LogP contribution in [0.15, 0.2) is 15.0 Å². The first-order chi connectivity index (χ1) is 8.52. The summed E-state index contributed by atoms with van der Waals surface area (Å²) in [5.41, 5.74) is 0.622. The Balaban J connectivity index is 2.38. The van der Waals surface area contributed by atoms with Crippen LogP contribution in [-0.2, 0) is 9.47 Å². The van der Waals surface area contributed by atoms with Crippen LogP contribution in [0.2, 0.25) is 0 Å². The molecule has 0 N–H and O–H groups in total. The highest BCUT2D eigenvalue weighted by Crippen LogP contribution is 2.31. The first-order valence-corrected chi connectivity index (χ1v) is 6.28. The van der Waals surface area contributed by atoms with E-state index in [1.54, 1.807) is 14.2 Å². The molecule has 0 fully saturated rings. The third kappa shape index (κ3) is 2.02. The minimum Gasteiger partial charge on any atom is -0.483 e. The number of hydrogen-bond donors (Lipinski definition) is 0. The first-order valence-electron chi connectivity index (χ1n) is 6.28. The van der Waals surface area contributed by atoms with Crippen LogP contribution in [0.4, 0.5) is 0 Å². The summed E-state index contributed by atoms with van der Waals surface area (Å²) in [7, 11) is 3.30. The van der Waals surface area contributed by atoms with Crippen LogP contribution in [0.1, 0.15) is 27.2 Å². The molecule has 2 atom stereocenters. The number of hydrogen-bond acceptors (Lipinski definition) is 5. The van der Waals surface area contributed by atoms with Gasteiger partial charge in [0, 0.05) is 12.1 Å². The number of ether oxygens (including phenoxy) is 2. The molecule has 2 aliphatic rings. The van der Waals surface area contributed by atoms with Crippen molar-refractivity contribution in [2.75, 3.05) is 20.8 Å². The Hall–Kier alpha value is -1.39. The van der Waals surface area contributed by atoms with E-state index in [1.807, 2.05) is 6.92 Å². The molecule has 1 spiro atoms. The van der Waals surface area contributed by atoms with Gasteiger partial charge < -0.3 is 9.47 Å². The lowest BCUT2D eigenvalue weighted by molar-refractivity contribution is 0.311. The fraction of sp³-hybridized carbons (Fsp3) is 0.769. The van der Waals surface area contributed by atoms with Crippen LogP contribution in [0.3, 0.4) is 0 Å². The minimum atomic E-state index is -0.463. The molecular formula is C13H21N3O2. The molecule has 0 saturated heterocycles. The van der Waals surface area contributed by atoms with Crippen molar-refractivity contribution in [3.8, 4) is 0 Å². The standard InChI is InChI=1S/C13H21N3O2/c1-8(2)10-11(17-4)16-13(12(15-10)18-5)6-9(3)14-7-13/h8,10H,6-7H2,1-5H3/t10-,13+/m0/s1. The van der Waals surface area contributed by atoms with Crippen molar-refractivity contribution in [1.29, 1.82) is 0 Å². The fourth-order valence-corrected chi connectivity index (χ4v) is 2.49. The maximum Gasteiger partial charge on any atom is 0.215 e. The van der Waals surface area contributed by atoms with Gasteiger partial charge in [-0.2, -0.15) is 0 Å². The molecule has 0 radical (unpaired) electrons. The van der Waals surface area contributed by atoms with Crippen molar-refractivity contribution in [2.45, 2.75) is 38.8 Å². The van der Waals surface area contributed by atoms with E-state index in [2.05, 4.69) is 23.8 Å². The summed E-state index contributed by atoms with van der Waals surface area (Å²) in [6.07, 6.45) is 0.761. The lowest BCUT2D eigenvalue weighted by atomic mass is 9.92. The van der Waals surface area contributed by atoms with Crippen LogP contribution >= 0.6 is 0 Å². The average molecular weight is 251 g/mol. The summed E-state index contributed by atoms with van der Waals surface area (Å²) < 4.78 is 10.9. The molecule has 2 rings (SSSR count). The van der Waals surface area contributed by atoms with E-state index in [9.17, 15) is 0 Å². The van der Waals surface area contributed by atoms with Crippen molar-refractivity contribution in [1.82, 2.24) is 0 Å². The Kier molecular flexibility index (Phi) is 3.41. The van der Waals surface area contributed by atoms with Crippen LogP contribution in [0.5, 0.6) is 0 Å². The third-order valence-electron chi connectivity index (χ3n) is 3.42. The van der Waals surface area contributed by atoms with Gasteiger partial charge in [0.05, 0.1) is 20.8 Å². The predicted molar refractivity (Wildman–Crippen MR) is 72.8 cm³/mol. The lowest BCUT2D eigenvalue weighted by Gasteiger charge is -2.32. The molecular weight excluding hydrogens is 230 g/mol. The molecule has 0 unspecified atom stereocenters. The molecule has 0 saturated carbocycles. The summed E-state index contributed by atoms with van der Waals surface area (Å²) in [4.78, 5) is 13.9. The molecule has 100 valence electrons. The summed E-state index contributed by atoms with van der Waals surface area (Å²) in [5, 5.41) is 0. The smallest absolute Gasteiger partial charge is 0.215 e. The number of rotatable bonds is 1. The van der Waals surface area contributed by atoms with Crippen LogP contribution < -0.4 is 0 Å². The van der Waals surface area contributed by atoms with Gasteiger partial charge in [-0.1, -0.05) is 13.8 Å². The zero-order valence-electron chi connectivity index (χ0n) is 11.7. The molecule has 0 aromatic heterocycles. The van der Waals surface area contributed by atoms with Crippen LogP contribution in [0.25, 0.3) is 0 Å². The quantitative estimate of drug-likeness (QED) is 0.712. The molecule has 18 heavy (non-hydrogen) atoms. The van der Waals surface area contributed by atoms with Gasteiger partial charge in [-0.05, 0) is 12.8 Å². The number of nitrogens with zero attached hydrogens (tertiary/aromatic N) is 3. The van der Waals surface area contributed by atoms with E-state index >= 15 is 0 Å². The number of methoxy groups -OCH3 is 2. The molecule has 5 heteroatoms. The maximum absolute atomic E-state index is 5.46. The molecule has 0 bridgehead atoms. The second-order valence-electron chi connectivity index (χ2n) is 5.24. The maximum atomic E-state index is 5.46. The van der Waals surface area contributed by atoms with E-state index in [0.717, 1.165) is 12.1 Å². The molecule has 0 amide bonds. The van der Waals surface area contributed by atoms with E-state index < -0.39 is 5.54 Å². The van der Waals surface area contributed by atoms with Crippen molar-refractivity contribution >= 4 is 17.5 Å². The largest absolute Gasteiger partial charge is 0.483 e. The fourth-order valence-electron chi connectivity index (χ4n) is 2.49. The Morgan fingerprint density at radius 2 is 2.00 bits per heavy atom. The molecule has 5 nitrogen and oxygen atoms in total. The SMILES string of the molecule is COC1=N[C@]2(CN=C(C)C2)C(OC)=N[C@H]1C(C)C. The Bertz CT molecular complexity index is 426. The van der Waals surface area contributed by atoms with Gasteiger partial charge in [-0.3, -0.25) is 4.99 Å². The third-order valence-corrected chi connectivity index (χ3v) is 3.42. The van der Waals surface area contributed by atoms with Gasteiger partial charge in [-0.15, -0.1) is 0 Å². The molecule has 0 aliphatic carbocycles. The van der Waals surface area contributed by atoms with Gasteiger partial charge in [0.1, 0.15) is 6.04 Å². The highest BCUT2D eigenvalue weighted by molar-refractivity contribution is 6.02. The summed E-state index contributed by atoms with van der Waals surface area (Å²) in [6.45, 7) is 6.82. The van der Waals surface area contributed by atoms with Gasteiger partial charge in [0.15, 0.2) is 5.54 Å². The van der Waals surface area contributed by atoms with Crippen molar-refractivity contribution < 1.29 is 9.47 Å². The van der Waals surface area contributed by atoms with E-state index in [1.165, 1.54) is 0 Å². The topological polar surface area (TPSA) is 55.5 Å². The lowest BCUT2D eigenvalue weighted by Crippen LogP contribution is -2.47. The van der Waals surface area contributed by atoms with E-state index in [0.29, 0.717) is 24.3 Å². The monoisotopic (exact) mass is 251 g/mol. The molecule has 2 aliphatic heterocycles. The van der Waals surface area contributed by atoms with Gasteiger partial charge >= 0.3 is 0 Å². The van der Waals surface area contributed by atoms with Gasteiger partial charge in [0.25, 0.3) is 0 Å². The Morgan fingerprint density at radius 3 is 2.44 bits per heavy atom. The highest BCUT2D eigenvalue weighted by atomic mass is 16.5. The van der Waals surface area contributed by atoms with E-state index in [-0.39, 0.29) is 6.04 Å². The van der Waals surface area contributed by atoms with Gasteiger partial charge in [0.2, 0.25) is 11.8 Å². The minimum absolute atomic E-state index is 0.0588. The Labute approximate surface area is 108 Å². The molecule has 0 aromatic carbocycles. The number of aliphatic imine (C=N–C) groups is 3. The normalized spacial score (nSPS) is 31.2. The summed E-state index contributed by atoms with van der Waals surface area (Å²) in [6, 6.07) is -0.0588. The van der Waals surface area contributed by atoms with Crippen molar-refractivity contribution in [2.24, 2.45) is 20.9 Å². The van der Waals surface area contributed by atoms with Crippen LogP contribution in [-0.4, -0.2) is 49.9 Å². The molecule has 2 heterocycles. The zero-order chi connectivity index (χ0) is 13.3. The summed E-state index contributed by atoms with van der Waals surface area (Å²) in [5.74, 6) is 1.70. The van der Waals surface area contributed by atoms with Gasteiger partial charge in [-0.25, -0.2) is 9.98 Å².